The third-order valence-corrected chi connectivity index (χ3v) is 4.68. The fraction of sp³-hybridized carbons (Fsp3) is 0.400. The Morgan fingerprint density at radius 1 is 0.923 bits per heavy atom. The predicted molar refractivity (Wildman–Crippen MR) is 91.9 cm³/mol. The topological polar surface area (TPSA) is 77.4 Å². The molecular formula is C20H22O6. The standard InChI is InChI=1S/C20H22O6/c21-16-17-15(12-24-20(26-17)14-9-5-2-6-10-14)25-19(22)18(16)23-11-13-7-3-1-4-8-13/h1-10,15-22H,11-12H2. The number of ether oxygens (including phenoxy) is 4. The molecule has 0 bridgehead atoms. The van der Waals surface area contributed by atoms with Crippen molar-refractivity contribution in [2.75, 3.05) is 6.61 Å². The van der Waals surface area contributed by atoms with Gasteiger partial charge in [0.05, 0.1) is 13.2 Å². The first-order chi connectivity index (χ1) is 12.7. The van der Waals surface area contributed by atoms with E-state index in [2.05, 4.69) is 0 Å². The van der Waals surface area contributed by atoms with E-state index in [-0.39, 0.29) is 13.2 Å². The van der Waals surface area contributed by atoms with E-state index in [1.807, 2.05) is 60.7 Å². The minimum Gasteiger partial charge on any atom is -0.387 e. The summed E-state index contributed by atoms with van der Waals surface area (Å²) in [5.41, 5.74) is 1.81. The first-order valence-electron chi connectivity index (χ1n) is 8.71. The molecule has 6 atom stereocenters. The molecule has 26 heavy (non-hydrogen) atoms. The molecular weight excluding hydrogens is 336 g/mol. The smallest absolute Gasteiger partial charge is 0.184 e. The Morgan fingerprint density at radius 3 is 2.35 bits per heavy atom. The van der Waals surface area contributed by atoms with E-state index >= 15 is 0 Å². The molecule has 6 heteroatoms. The molecule has 6 unspecified atom stereocenters. The predicted octanol–water partition coefficient (Wildman–Crippen LogP) is 1.76. The molecule has 0 amide bonds. The maximum atomic E-state index is 10.7. The van der Waals surface area contributed by atoms with Crippen molar-refractivity contribution in [2.45, 2.75) is 43.6 Å². The molecule has 2 heterocycles. The Balaban J connectivity index is 1.44. The van der Waals surface area contributed by atoms with Crippen molar-refractivity contribution in [3.8, 4) is 0 Å². The second kappa shape index (κ2) is 7.84. The Morgan fingerprint density at radius 2 is 1.62 bits per heavy atom. The Labute approximate surface area is 151 Å². The molecule has 0 spiro atoms. The third kappa shape index (κ3) is 3.66. The van der Waals surface area contributed by atoms with Crippen LogP contribution in [0.15, 0.2) is 60.7 Å². The van der Waals surface area contributed by atoms with E-state index in [9.17, 15) is 10.2 Å². The van der Waals surface area contributed by atoms with Crippen molar-refractivity contribution in [1.29, 1.82) is 0 Å². The molecule has 2 saturated heterocycles. The van der Waals surface area contributed by atoms with Crippen LogP contribution in [0.25, 0.3) is 0 Å². The van der Waals surface area contributed by atoms with Crippen LogP contribution in [0.4, 0.5) is 0 Å². The average Bonchev–Trinajstić information content (AvgIpc) is 2.69. The maximum absolute atomic E-state index is 10.7. The summed E-state index contributed by atoms with van der Waals surface area (Å²) in [5, 5.41) is 21.0. The fourth-order valence-corrected chi connectivity index (χ4v) is 3.31. The lowest BCUT2D eigenvalue weighted by Crippen LogP contribution is -2.62. The number of benzene rings is 2. The third-order valence-electron chi connectivity index (χ3n) is 4.68. The first-order valence-corrected chi connectivity index (χ1v) is 8.71. The van der Waals surface area contributed by atoms with Crippen molar-refractivity contribution in [3.05, 3.63) is 71.8 Å². The summed E-state index contributed by atoms with van der Waals surface area (Å²) in [5.74, 6) is 0. The summed E-state index contributed by atoms with van der Waals surface area (Å²) in [6, 6.07) is 19.1. The zero-order valence-corrected chi connectivity index (χ0v) is 14.2. The number of aliphatic hydroxyl groups excluding tert-OH is 2. The molecule has 2 aromatic rings. The molecule has 2 aliphatic rings. The van der Waals surface area contributed by atoms with Crippen LogP contribution >= 0.6 is 0 Å². The monoisotopic (exact) mass is 358 g/mol. The van der Waals surface area contributed by atoms with Crippen LogP contribution in [-0.4, -0.2) is 47.5 Å². The Bertz CT molecular complexity index is 694. The van der Waals surface area contributed by atoms with Crippen molar-refractivity contribution < 1.29 is 29.2 Å². The molecule has 0 radical (unpaired) electrons. The number of fused-ring (bicyclic) bond motifs is 1. The maximum Gasteiger partial charge on any atom is 0.184 e. The molecule has 0 aromatic heterocycles. The van der Waals surface area contributed by atoms with Crippen LogP contribution in [0, 0.1) is 0 Å². The van der Waals surface area contributed by atoms with E-state index in [1.54, 1.807) is 0 Å². The van der Waals surface area contributed by atoms with Gasteiger partial charge in [-0.3, -0.25) is 0 Å². The molecule has 0 saturated carbocycles. The van der Waals surface area contributed by atoms with Gasteiger partial charge >= 0.3 is 0 Å². The summed E-state index contributed by atoms with van der Waals surface area (Å²) >= 11 is 0. The summed E-state index contributed by atoms with van der Waals surface area (Å²) in [6.45, 7) is 0.489. The fourth-order valence-electron chi connectivity index (χ4n) is 3.31. The van der Waals surface area contributed by atoms with Gasteiger partial charge < -0.3 is 29.2 Å². The Hall–Kier alpha value is -1.80. The van der Waals surface area contributed by atoms with Crippen LogP contribution in [0.1, 0.15) is 17.4 Å². The van der Waals surface area contributed by atoms with E-state index in [0.717, 1.165) is 11.1 Å². The molecule has 2 aliphatic heterocycles. The molecule has 4 rings (SSSR count). The van der Waals surface area contributed by atoms with Crippen molar-refractivity contribution in [2.24, 2.45) is 0 Å². The van der Waals surface area contributed by atoms with Gasteiger partial charge in [0, 0.05) is 5.56 Å². The molecule has 138 valence electrons. The lowest BCUT2D eigenvalue weighted by Gasteiger charge is -2.46. The minimum atomic E-state index is -1.24. The highest BCUT2D eigenvalue weighted by atomic mass is 16.7. The molecule has 6 nitrogen and oxygen atoms in total. The van der Waals surface area contributed by atoms with E-state index in [1.165, 1.54) is 0 Å². The zero-order valence-electron chi connectivity index (χ0n) is 14.2. The number of hydrogen-bond donors (Lipinski definition) is 2. The Kier molecular flexibility index (Phi) is 5.31. The van der Waals surface area contributed by atoms with Crippen LogP contribution in [0.2, 0.25) is 0 Å². The second-order valence-electron chi connectivity index (χ2n) is 6.49. The molecule has 2 aromatic carbocycles. The van der Waals surface area contributed by atoms with E-state index in [0.29, 0.717) is 0 Å². The van der Waals surface area contributed by atoms with Gasteiger partial charge in [0.25, 0.3) is 0 Å². The lowest BCUT2D eigenvalue weighted by molar-refractivity contribution is -0.360. The SMILES string of the molecule is OC1OC2COC(c3ccccc3)OC2C(O)C1OCc1ccccc1. The van der Waals surface area contributed by atoms with Gasteiger partial charge in [-0.15, -0.1) is 0 Å². The first kappa shape index (κ1) is 17.6. The summed E-state index contributed by atoms with van der Waals surface area (Å²) in [7, 11) is 0. The van der Waals surface area contributed by atoms with Gasteiger partial charge in [-0.25, -0.2) is 0 Å². The zero-order chi connectivity index (χ0) is 17.9. The van der Waals surface area contributed by atoms with Crippen molar-refractivity contribution in [3.63, 3.8) is 0 Å². The highest BCUT2D eigenvalue weighted by Crippen LogP contribution is 2.34. The van der Waals surface area contributed by atoms with Crippen LogP contribution in [0.5, 0.6) is 0 Å². The van der Waals surface area contributed by atoms with Gasteiger partial charge in [0.1, 0.15) is 24.4 Å². The molecule has 2 fully saturated rings. The highest BCUT2D eigenvalue weighted by Gasteiger charge is 2.49. The highest BCUT2D eigenvalue weighted by molar-refractivity contribution is 5.17. The van der Waals surface area contributed by atoms with Crippen molar-refractivity contribution >= 4 is 0 Å². The van der Waals surface area contributed by atoms with Crippen LogP contribution < -0.4 is 0 Å². The summed E-state index contributed by atoms with van der Waals surface area (Å²) in [4.78, 5) is 0. The average molecular weight is 358 g/mol. The summed E-state index contributed by atoms with van der Waals surface area (Å²) in [6.07, 6.45) is -4.93. The van der Waals surface area contributed by atoms with Gasteiger partial charge in [0.2, 0.25) is 0 Å². The van der Waals surface area contributed by atoms with Crippen LogP contribution in [-0.2, 0) is 25.6 Å². The number of hydrogen-bond acceptors (Lipinski definition) is 6. The van der Waals surface area contributed by atoms with Gasteiger partial charge in [-0.1, -0.05) is 60.7 Å². The molecule has 2 N–H and O–H groups in total. The number of aliphatic hydroxyl groups is 2. The van der Waals surface area contributed by atoms with Gasteiger partial charge in [-0.2, -0.15) is 0 Å². The summed E-state index contributed by atoms with van der Waals surface area (Å²) < 4.78 is 22.9. The van der Waals surface area contributed by atoms with Crippen molar-refractivity contribution in [1.82, 2.24) is 0 Å². The normalized spacial score (nSPS) is 34.2. The molecule has 0 aliphatic carbocycles. The van der Waals surface area contributed by atoms with E-state index < -0.39 is 37.0 Å². The second-order valence-corrected chi connectivity index (χ2v) is 6.49. The minimum absolute atomic E-state index is 0.226. The van der Waals surface area contributed by atoms with Crippen LogP contribution in [0.3, 0.4) is 0 Å². The largest absolute Gasteiger partial charge is 0.387 e. The number of rotatable bonds is 4. The van der Waals surface area contributed by atoms with Gasteiger partial charge in [-0.05, 0) is 5.56 Å². The lowest BCUT2D eigenvalue weighted by atomic mass is 9.97. The van der Waals surface area contributed by atoms with Gasteiger partial charge in [0.15, 0.2) is 12.6 Å². The quantitative estimate of drug-likeness (QED) is 0.867. The van der Waals surface area contributed by atoms with E-state index in [4.69, 9.17) is 18.9 Å².